The summed E-state index contributed by atoms with van der Waals surface area (Å²) in [6, 6.07) is 0.564. The maximum Gasteiger partial charge on any atom is 0.191 e. The molecular weight excluding hydrogens is 463 g/mol. The van der Waals surface area contributed by atoms with Gasteiger partial charge in [-0.25, -0.2) is 0 Å². The van der Waals surface area contributed by atoms with Crippen LogP contribution in [0.5, 0.6) is 0 Å². The second kappa shape index (κ2) is 16.7. The number of halogens is 1. The molecule has 28 heavy (non-hydrogen) atoms. The van der Waals surface area contributed by atoms with Crippen LogP contribution in [-0.2, 0) is 4.74 Å². The fourth-order valence-corrected chi connectivity index (χ4v) is 4.19. The van der Waals surface area contributed by atoms with Crippen LogP contribution in [0.15, 0.2) is 4.99 Å². The van der Waals surface area contributed by atoms with Crippen LogP contribution < -0.4 is 10.6 Å². The van der Waals surface area contributed by atoms with Crippen molar-refractivity contribution in [3.63, 3.8) is 0 Å². The lowest BCUT2D eigenvalue weighted by Crippen LogP contribution is -2.48. The van der Waals surface area contributed by atoms with Gasteiger partial charge in [-0.05, 0) is 58.4 Å². The molecule has 0 aromatic rings. The first kappa shape index (κ1) is 26.0. The molecule has 0 amide bonds. The third kappa shape index (κ3) is 11.2. The highest BCUT2D eigenvalue weighted by atomic mass is 127. The average molecular weight is 509 g/mol. The molecule has 1 aliphatic heterocycles. The fourth-order valence-electron chi connectivity index (χ4n) is 4.19. The number of rotatable bonds is 10. The summed E-state index contributed by atoms with van der Waals surface area (Å²) in [6.07, 6.45) is 14.5. The van der Waals surface area contributed by atoms with Gasteiger partial charge in [0.05, 0.1) is 6.10 Å². The Balaban J connectivity index is 0.00000392. The van der Waals surface area contributed by atoms with Crippen molar-refractivity contribution in [2.75, 3.05) is 39.3 Å². The molecule has 0 bridgehead atoms. The number of likely N-dealkylation sites (tertiary alicyclic amines) is 1. The molecule has 0 aromatic heterocycles. The van der Waals surface area contributed by atoms with Crippen molar-refractivity contribution >= 4 is 29.9 Å². The standard InChI is InChI=1S/C22H44N4O.HI/c1-3-16-26-17-13-20(14-18-26)25-22(23-4-2)24-15-9-10-19-27-21-11-7-5-6-8-12-21;/h20-21H,3-19H2,1-2H3,(H2,23,24,25);1H. The molecule has 0 radical (unpaired) electrons. The van der Waals surface area contributed by atoms with Crippen LogP contribution in [0.3, 0.4) is 0 Å². The molecule has 1 saturated heterocycles. The summed E-state index contributed by atoms with van der Waals surface area (Å²) in [5.41, 5.74) is 0. The average Bonchev–Trinajstić information content (AvgIpc) is 2.95. The number of guanidine groups is 1. The number of hydrogen-bond donors (Lipinski definition) is 2. The number of ether oxygens (including phenoxy) is 1. The molecular formula is C22H45IN4O. The maximum atomic E-state index is 6.08. The topological polar surface area (TPSA) is 48.9 Å². The highest BCUT2D eigenvalue weighted by molar-refractivity contribution is 14.0. The SMILES string of the molecule is CCCN1CCC(NC(=NCCCCOC2CCCCCC2)NCC)CC1.I. The Bertz CT molecular complexity index is 392. The Morgan fingerprint density at radius 3 is 2.36 bits per heavy atom. The fraction of sp³-hybridized carbons (Fsp3) is 0.955. The lowest BCUT2D eigenvalue weighted by Gasteiger charge is -2.32. The van der Waals surface area contributed by atoms with Gasteiger partial charge in [-0.3, -0.25) is 4.99 Å². The van der Waals surface area contributed by atoms with Gasteiger partial charge in [0.15, 0.2) is 5.96 Å². The molecule has 2 fully saturated rings. The summed E-state index contributed by atoms with van der Waals surface area (Å²) in [7, 11) is 0. The van der Waals surface area contributed by atoms with Gasteiger partial charge in [0.25, 0.3) is 0 Å². The minimum Gasteiger partial charge on any atom is -0.378 e. The Morgan fingerprint density at radius 1 is 1.00 bits per heavy atom. The predicted molar refractivity (Wildman–Crippen MR) is 131 cm³/mol. The summed E-state index contributed by atoms with van der Waals surface area (Å²) >= 11 is 0. The van der Waals surface area contributed by atoms with Gasteiger partial charge in [0.1, 0.15) is 0 Å². The lowest BCUT2D eigenvalue weighted by atomic mass is 10.1. The van der Waals surface area contributed by atoms with Crippen LogP contribution in [0, 0.1) is 0 Å². The van der Waals surface area contributed by atoms with Crippen LogP contribution in [0.2, 0.25) is 0 Å². The number of nitrogens with one attached hydrogen (secondary N) is 2. The maximum absolute atomic E-state index is 6.08. The monoisotopic (exact) mass is 508 g/mol. The van der Waals surface area contributed by atoms with Crippen LogP contribution >= 0.6 is 24.0 Å². The quantitative estimate of drug-likeness (QED) is 0.149. The van der Waals surface area contributed by atoms with Crippen molar-refractivity contribution in [2.24, 2.45) is 4.99 Å². The molecule has 2 rings (SSSR count). The molecule has 0 spiro atoms. The molecule has 2 N–H and O–H groups in total. The van der Waals surface area contributed by atoms with E-state index < -0.39 is 0 Å². The van der Waals surface area contributed by atoms with Gasteiger partial charge in [-0.15, -0.1) is 24.0 Å². The Labute approximate surface area is 190 Å². The van der Waals surface area contributed by atoms with Crippen molar-refractivity contribution in [1.29, 1.82) is 0 Å². The summed E-state index contributed by atoms with van der Waals surface area (Å²) in [4.78, 5) is 7.37. The third-order valence-corrected chi connectivity index (χ3v) is 5.79. The van der Waals surface area contributed by atoms with E-state index in [0.29, 0.717) is 12.1 Å². The largest absolute Gasteiger partial charge is 0.378 e. The lowest BCUT2D eigenvalue weighted by molar-refractivity contribution is 0.0413. The molecule has 6 heteroatoms. The highest BCUT2D eigenvalue weighted by Crippen LogP contribution is 2.20. The highest BCUT2D eigenvalue weighted by Gasteiger charge is 2.19. The molecule has 5 nitrogen and oxygen atoms in total. The Morgan fingerprint density at radius 2 is 1.71 bits per heavy atom. The van der Waals surface area contributed by atoms with Crippen molar-refractivity contribution in [3.8, 4) is 0 Å². The molecule has 2 aliphatic rings. The van der Waals surface area contributed by atoms with E-state index >= 15 is 0 Å². The van der Waals surface area contributed by atoms with Gasteiger partial charge < -0.3 is 20.3 Å². The second-order valence-electron chi connectivity index (χ2n) is 8.21. The first-order valence-corrected chi connectivity index (χ1v) is 11.7. The van der Waals surface area contributed by atoms with Crippen LogP contribution in [0.1, 0.15) is 84.5 Å². The zero-order valence-corrected chi connectivity index (χ0v) is 20.7. The van der Waals surface area contributed by atoms with E-state index in [1.807, 2.05) is 0 Å². The molecule has 1 aliphatic carbocycles. The zero-order chi connectivity index (χ0) is 19.2. The van der Waals surface area contributed by atoms with Gasteiger partial charge >= 0.3 is 0 Å². The predicted octanol–water partition coefficient (Wildman–Crippen LogP) is 4.55. The summed E-state index contributed by atoms with van der Waals surface area (Å²) in [6.45, 7) is 10.8. The van der Waals surface area contributed by atoms with Gasteiger partial charge in [0, 0.05) is 38.8 Å². The Kier molecular flexibility index (Phi) is 15.5. The number of aliphatic imine (C=N–C) groups is 1. The van der Waals surface area contributed by atoms with Crippen LogP contribution in [0.25, 0.3) is 0 Å². The van der Waals surface area contributed by atoms with E-state index in [1.165, 1.54) is 77.4 Å². The van der Waals surface area contributed by atoms with Crippen molar-refractivity contribution < 1.29 is 4.74 Å². The minimum atomic E-state index is 0. The van der Waals surface area contributed by atoms with Crippen LogP contribution in [0.4, 0.5) is 0 Å². The van der Waals surface area contributed by atoms with E-state index in [-0.39, 0.29) is 24.0 Å². The van der Waals surface area contributed by atoms with E-state index in [2.05, 4.69) is 29.4 Å². The van der Waals surface area contributed by atoms with E-state index in [9.17, 15) is 0 Å². The van der Waals surface area contributed by atoms with Crippen molar-refractivity contribution in [2.45, 2.75) is 96.6 Å². The number of unbranched alkanes of at least 4 members (excludes halogenated alkanes) is 1. The van der Waals surface area contributed by atoms with Gasteiger partial charge in [-0.1, -0.05) is 32.6 Å². The first-order valence-electron chi connectivity index (χ1n) is 11.7. The third-order valence-electron chi connectivity index (χ3n) is 5.79. The molecule has 1 heterocycles. The van der Waals surface area contributed by atoms with E-state index in [0.717, 1.165) is 38.5 Å². The van der Waals surface area contributed by atoms with Crippen molar-refractivity contribution in [1.82, 2.24) is 15.5 Å². The number of nitrogens with zero attached hydrogens (tertiary/aromatic N) is 2. The second-order valence-corrected chi connectivity index (χ2v) is 8.21. The molecule has 1 saturated carbocycles. The van der Waals surface area contributed by atoms with Crippen LogP contribution in [-0.4, -0.2) is 62.3 Å². The van der Waals surface area contributed by atoms with E-state index in [4.69, 9.17) is 9.73 Å². The molecule has 0 aromatic carbocycles. The minimum absolute atomic E-state index is 0. The van der Waals surface area contributed by atoms with Crippen molar-refractivity contribution in [3.05, 3.63) is 0 Å². The van der Waals surface area contributed by atoms with E-state index in [1.54, 1.807) is 0 Å². The van der Waals surface area contributed by atoms with Gasteiger partial charge in [-0.2, -0.15) is 0 Å². The first-order chi connectivity index (χ1) is 13.3. The van der Waals surface area contributed by atoms with Gasteiger partial charge in [0.2, 0.25) is 0 Å². The Hall–Kier alpha value is -0.0800. The summed E-state index contributed by atoms with van der Waals surface area (Å²) < 4.78 is 6.08. The number of hydrogen-bond acceptors (Lipinski definition) is 3. The zero-order valence-electron chi connectivity index (χ0n) is 18.4. The molecule has 0 atom stereocenters. The molecule has 166 valence electrons. The molecule has 0 unspecified atom stereocenters. The number of piperidine rings is 1. The summed E-state index contributed by atoms with van der Waals surface area (Å²) in [5, 5.41) is 7.06. The normalized spacial score (nSPS) is 20.4. The summed E-state index contributed by atoms with van der Waals surface area (Å²) in [5.74, 6) is 0.996. The smallest absolute Gasteiger partial charge is 0.191 e.